The van der Waals surface area contributed by atoms with E-state index >= 15 is 0 Å². The molecule has 0 fully saturated rings. The third-order valence-corrected chi connectivity index (χ3v) is 2.61. The number of hydrogen-bond acceptors (Lipinski definition) is 5. The molecule has 0 amide bonds. The first-order valence-corrected chi connectivity index (χ1v) is 6.66. The summed E-state index contributed by atoms with van der Waals surface area (Å²) in [6, 6.07) is 9.63. The molecule has 0 spiro atoms. The average Bonchev–Trinajstić information content (AvgIpc) is 2.44. The van der Waals surface area contributed by atoms with E-state index in [4.69, 9.17) is 15.2 Å². The first-order valence-electron chi connectivity index (χ1n) is 6.66. The lowest BCUT2D eigenvalue weighted by atomic mass is 10.2. The highest BCUT2D eigenvalue weighted by atomic mass is 16.5. The van der Waals surface area contributed by atoms with Crippen LogP contribution in [0, 0.1) is 6.92 Å². The van der Waals surface area contributed by atoms with Crippen molar-refractivity contribution in [3.8, 4) is 17.6 Å². The van der Waals surface area contributed by atoms with Crippen LogP contribution in [-0.2, 0) is 6.54 Å². The van der Waals surface area contributed by atoms with Gasteiger partial charge in [-0.05, 0) is 31.0 Å². The van der Waals surface area contributed by atoms with E-state index in [9.17, 15) is 0 Å². The molecule has 1 heterocycles. The maximum absolute atomic E-state index is 5.66. The minimum Gasteiger partial charge on any atom is -0.478 e. The molecule has 0 aliphatic heterocycles. The largest absolute Gasteiger partial charge is 0.478 e. The van der Waals surface area contributed by atoms with Crippen LogP contribution in [0.1, 0.15) is 24.6 Å². The highest BCUT2D eigenvalue weighted by molar-refractivity contribution is 5.31. The van der Waals surface area contributed by atoms with Gasteiger partial charge in [-0.25, -0.2) is 0 Å². The van der Waals surface area contributed by atoms with Gasteiger partial charge in [0.1, 0.15) is 5.75 Å². The second kappa shape index (κ2) is 6.86. The predicted octanol–water partition coefficient (Wildman–Crippen LogP) is 2.82. The fourth-order valence-corrected chi connectivity index (χ4v) is 1.68. The van der Waals surface area contributed by atoms with Gasteiger partial charge < -0.3 is 15.2 Å². The number of aryl methyl sites for hydroxylation is 1. The van der Waals surface area contributed by atoms with Crippen LogP contribution in [0.5, 0.6) is 17.6 Å². The Balaban J connectivity index is 2.17. The second-order valence-electron chi connectivity index (χ2n) is 4.43. The zero-order valence-electron chi connectivity index (χ0n) is 11.8. The van der Waals surface area contributed by atoms with Crippen LogP contribution >= 0.6 is 0 Å². The number of ether oxygens (including phenoxy) is 2. The van der Waals surface area contributed by atoms with Gasteiger partial charge in [0.05, 0.1) is 6.61 Å². The fourth-order valence-electron chi connectivity index (χ4n) is 1.68. The summed E-state index contributed by atoms with van der Waals surface area (Å²) in [6.45, 7) is 5.02. The number of nitrogens with two attached hydrogens (primary N) is 1. The van der Waals surface area contributed by atoms with Crippen molar-refractivity contribution in [3.05, 3.63) is 41.6 Å². The van der Waals surface area contributed by atoms with Gasteiger partial charge in [0.15, 0.2) is 0 Å². The molecule has 0 atom stereocenters. The molecule has 0 saturated carbocycles. The average molecular weight is 273 g/mol. The molecule has 5 nitrogen and oxygen atoms in total. The zero-order chi connectivity index (χ0) is 14.4. The van der Waals surface area contributed by atoms with Crippen LogP contribution in [0.15, 0.2) is 30.3 Å². The lowest BCUT2D eigenvalue weighted by Crippen LogP contribution is -2.01. The Morgan fingerprint density at radius 1 is 1.20 bits per heavy atom. The third kappa shape index (κ3) is 3.93. The zero-order valence-corrected chi connectivity index (χ0v) is 11.8. The summed E-state index contributed by atoms with van der Waals surface area (Å²) >= 11 is 0. The van der Waals surface area contributed by atoms with Crippen molar-refractivity contribution in [1.82, 2.24) is 9.97 Å². The van der Waals surface area contributed by atoms with Crippen molar-refractivity contribution in [3.63, 3.8) is 0 Å². The lowest BCUT2D eigenvalue weighted by Gasteiger charge is -2.08. The normalized spacial score (nSPS) is 10.3. The summed E-state index contributed by atoms with van der Waals surface area (Å²) in [5.74, 6) is 1.20. The summed E-state index contributed by atoms with van der Waals surface area (Å²) < 4.78 is 11.2. The summed E-state index contributed by atoms with van der Waals surface area (Å²) in [7, 11) is 0. The highest BCUT2D eigenvalue weighted by Gasteiger charge is 2.06. The quantitative estimate of drug-likeness (QED) is 0.876. The van der Waals surface area contributed by atoms with Gasteiger partial charge in [0.25, 0.3) is 0 Å². The van der Waals surface area contributed by atoms with E-state index in [1.807, 2.05) is 38.1 Å². The standard InChI is InChI=1S/C15H19N3O2/c1-3-7-19-14-8-11(2)17-15(18-14)20-13-6-4-5-12(9-13)10-16/h4-6,8-9H,3,7,10,16H2,1-2H3. The molecular weight excluding hydrogens is 254 g/mol. The Morgan fingerprint density at radius 2 is 2.05 bits per heavy atom. The molecule has 2 N–H and O–H groups in total. The van der Waals surface area contributed by atoms with Crippen molar-refractivity contribution < 1.29 is 9.47 Å². The summed E-state index contributed by atoms with van der Waals surface area (Å²) in [6.07, 6.45) is 0.928. The van der Waals surface area contributed by atoms with Crippen LogP contribution in [0.4, 0.5) is 0 Å². The summed E-state index contributed by atoms with van der Waals surface area (Å²) in [5.41, 5.74) is 7.41. The topological polar surface area (TPSA) is 70.3 Å². The van der Waals surface area contributed by atoms with E-state index in [0.717, 1.165) is 17.7 Å². The van der Waals surface area contributed by atoms with Crippen LogP contribution < -0.4 is 15.2 Å². The van der Waals surface area contributed by atoms with Crippen molar-refractivity contribution in [2.75, 3.05) is 6.61 Å². The number of hydrogen-bond donors (Lipinski definition) is 1. The minimum atomic E-state index is 0.283. The Bertz CT molecular complexity index is 573. The van der Waals surface area contributed by atoms with Crippen molar-refractivity contribution in [2.24, 2.45) is 5.73 Å². The molecule has 20 heavy (non-hydrogen) atoms. The van der Waals surface area contributed by atoms with Gasteiger partial charge >= 0.3 is 6.01 Å². The minimum absolute atomic E-state index is 0.283. The summed E-state index contributed by atoms with van der Waals surface area (Å²) in [5, 5.41) is 0. The lowest BCUT2D eigenvalue weighted by molar-refractivity contribution is 0.298. The maximum Gasteiger partial charge on any atom is 0.325 e. The maximum atomic E-state index is 5.66. The molecular formula is C15H19N3O2. The number of nitrogens with zero attached hydrogens (tertiary/aromatic N) is 2. The number of rotatable bonds is 6. The predicted molar refractivity (Wildman–Crippen MR) is 77.0 cm³/mol. The van der Waals surface area contributed by atoms with Gasteiger partial charge in [-0.3, -0.25) is 0 Å². The van der Waals surface area contributed by atoms with Gasteiger partial charge in [-0.15, -0.1) is 0 Å². The van der Waals surface area contributed by atoms with Crippen LogP contribution in [0.25, 0.3) is 0 Å². The highest BCUT2D eigenvalue weighted by Crippen LogP contribution is 2.21. The van der Waals surface area contributed by atoms with Gasteiger partial charge in [-0.1, -0.05) is 19.1 Å². The third-order valence-electron chi connectivity index (χ3n) is 2.61. The Kier molecular flexibility index (Phi) is 4.90. The first kappa shape index (κ1) is 14.3. The molecule has 0 bridgehead atoms. The molecule has 0 radical (unpaired) electrons. The molecule has 1 aromatic carbocycles. The van der Waals surface area contributed by atoms with Crippen molar-refractivity contribution >= 4 is 0 Å². The van der Waals surface area contributed by atoms with E-state index in [1.165, 1.54) is 0 Å². The Labute approximate surface area is 118 Å². The monoisotopic (exact) mass is 273 g/mol. The molecule has 0 aliphatic carbocycles. The van der Waals surface area contributed by atoms with E-state index in [0.29, 0.717) is 24.8 Å². The fraction of sp³-hybridized carbons (Fsp3) is 0.333. The van der Waals surface area contributed by atoms with Crippen molar-refractivity contribution in [2.45, 2.75) is 26.8 Å². The SMILES string of the molecule is CCCOc1cc(C)nc(Oc2cccc(CN)c2)n1. The van der Waals surface area contributed by atoms with Gasteiger partial charge in [0, 0.05) is 18.3 Å². The Hall–Kier alpha value is -2.14. The van der Waals surface area contributed by atoms with Crippen LogP contribution in [-0.4, -0.2) is 16.6 Å². The van der Waals surface area contributed by atoms with E-state index in [-0.39, 0.29) is 6.01 Å². The molecule has 0 aliphatic rings. The molecule has 2 aromatic rings. The molecule has 0 unspecified atom stereocenters. The second-order valence-corrected chi connectivity index (χ2v) is 4.43. The number of aromatic nitrogens is 2. The smallest absolute Gasteiger partial charge is 0.325 e. The van der Waals surface area contributed by atoms with Gasteiger partial charge in [0.2, 0.25) is 5.88 Å². The van der Waals surface area contributed by atoms with E-state index in [2.05, 4.69) is 9.97 Å². The molecule has 2 rings (SSSR count). The number of benzene rings is 1. The van der Waals surface area contributed by atoms with Gasteiger partial charge in [-0.2, -0.15) is 9.97 Å². The van der Waals surface area contributed by atoms with E-state index < -0.39 is 0 Å². The first-order chi connectivity index (χ1) is 9.71. The molecule has 1 aromatic heterocycles. The molecule has 0 saturated heterocycles. The van der Waals surface area contributed by atoms with Crippen LogP contribution in [0.2, 0.25) is 0 Å². The van der Waals surface area contributed by atoms with E-state index in [1.54, 1.807) is 6.07 Å². The summed E-state index contributed by atoms with van der Waals surface area (Å²) in [4.78, 5) is 8.48. The molecule has 5 heteroatoms. The van der Waals surface area contributed by atoms with Crippen molar-refractivity contribution in [1.29, 1.82) is 0 Å². The Morgan fingerprint density at radius 3 is 2.80 bits per heavy atom. The molecule has 106 valence electrons. The van der Waals surface area contributed by atoms with Crippen LogP contribution in [0.3, 0.4) is 0 Å².